The number of piperidine rings is 1. The quantitative estimate of drug-likeness (QED) is 0.923. The Morgan fingerprint density at radius 1 is 1.38 bits per heavy atom. The molecule has 0 aromatic heterocycles. The molecule has 3 heteroatoms. The van der Waals surface area contributed by atoms with Crippen LogP contribution in [0.1, 0.15) is 62.4 Å². The number of aryl methyl sites for hydroxylation is 1. The van der Waals surface area contributed by atoms with Gasteiger partial charge in [-0.1, -0.05) is 12.1 Å². The molecule has 21 heavy (non-hydrogen) atoms. The summed E-state index contributed by atoms with van der Waals surface area (Å²) in [6.45, 7) is 6.64. The van der Waals surface area contributed by atoms with Gasteiger partial charge < -0.3 is 10.0 Å². The minimum absolute atomic E-state index is 0.146. The molecule has 1 unspecified atom stereocenters. The normalized spacial score (nSPS) is 19.6. The maximum atomic E-state index is 12.6. The van der Waals surface area contributed by atoms with Crippen molar-refractivity contribution in [2.45, 2.75) is 64.5 Å². The molecule has 1 aromatic rings. The lowest BCUT2D eigenvalue weighted by Crippen LogP contribution is -2.42. The van der Waals surface area contributed by atoms with Crippen molar-refractivity contribution in [1.82, 2.24) is 4.90 Å². The van der Waals surface area contributed by atoms with Crippen molar-refractivity contribution in [3.63, 3.8) is 0 Å². The molecule has 0 aliphatic carbocycles. The zero-order valence-corrected chi connectivity index (χ0v) is 13.4. The van der Waals surface area contributed by atoms with Gasteiger partial charge in [0, 0.05) is 18.2 Å². The van der Waals surface area contributed by atoms with Crippen LogP contribution in [-0.2, 0) is 6.42 Å². The van der Waals surface area contributed by atoms with Crippen LogP contribution in [0.15, 0.2) is 24.3 Å². The summed E-state index contributed by atoms with van der Waals surface area (Å²) in [5, 5.41) is 9.82. The van der Waals surface area contributed by atoms with Gasteiger partial charge in [-0.2, -0.15) is 0 Å². The van der Waals surface area contributed by atoms with Crippen molar-refractivity contribution in [3.05, 3.63) is 35.4 Å². The average molecular weight is 289 g/mol. The van der Waals surface area contributed by atoms with Crippen molar-refractivity contribution in [3.8, 4) is 0 Å². The molecule has 1 aliphatic rings. The van der Waals surface area contributed by atoms with Crippen molar-refractivity contribution in [2.24, 2.45) is 0 Å². The van der Waals surface area contributed by atoms with Crippen LogP contribution in [0.5, 0.6) is 0 Å². The van der Waals surface area contributed by atoms with Gasteiger partial charge in [-0.3, -0.25) is 4.79 Å². The number of carbonyl (C=O) groups excluding carboxylic acids is 1. The van der Waals surface area contributed by atoms with Gasteiger partial charge in [0.15, 0.2) is 0 Å². The monoisotopic (exact) mass is 289 g/mol. The number of hydrogen-bond donors (Lipinski definition) is 1. The van der Waals surface area contributed by atoms with Crippen LogP contribution in [0, 0.1) is 0 Å². The second-order valence-corrected chi connectivity index (χ2v) is 6.86. The second kappa shape index (κ2) is 6.61. The Balaban J connectivity index is 2.07. The van der Waals surface area contributed by atoms with E-state index in [1.807, 2.05) is 43.0 Å². The standard InChI is InChI=1S/C18H27NO2/c1-14-7-4-5-12-19(14)17(20)16-9-6-8-15(13-16)10-11-18(2,3)21/h6,8-9,13-14,21H,4-5,7,10-12H2,1-3H3. The maximum Gasteiger partial charge on any atom is 0.254 e. The van der Waals surface area contributed by atoms with Gasteiger partial charge in [0.1, 0.15) is 0 Å². The number of benzene rings is 1. The lowest BCUT2D eigenvalue weighted by atomic mass is 9.97. The molecule has 116 valence electrons. The molecule has 1 aromatic carbocycles. The first-order chi connectivity index (χ1) is 9.87. The lowest BCUT2D eigenvalue weighted by molar-refractivity contribution is 0.0635. The minimum Gasteiger partial charge on any atom is -0.390 e. The van der Waals surface area contributed by atoms with Gasteiger partial charge in [0.05, 0.1) is 5.60 Å². The van der Waals surface area contributed by atoms with Crippen LogP contribution >= 0.6 is 0 Å². The van der Waals surface area contributed by atoms with E-state index in [0.717, 1.165) is 36.9 Å². The van der Waals surface area contributed by atoms with Crippen molar-refractivity contribution in [2.75, 3.05) is 6.54 Å². The predicted octanol–water partition coefficient (Wildman–Crippen LogP) is 3.40. The van der Waals surface area contributed by atoms with E-state index in [0.29, 0.717) is 12.5 Å². The fourth-order valence-electron chi connectivity index (χ4n) is 2.88. The van der Waals surface area contributed by atoms with Gasteiger partial charge in [0.2, 0.25) is 0 Å². The van der Waals surface area contributed by atoms with Gasteiger partial charge >= 0.3 is 0 Å². The Kier molecular flexibility index (Phi) is 5.04. The molecule has 3 nitrogen and oxygen atoms in total. The summed E-state index contributed by atoms with van der Waals surface area (Å²) >= 11 is 0. The van der Waals surface area contributed by atoms with E-state index in [2.05, 4.69) is 6.92 Å². The molecule has 0 saturated carbocycles. The zero-order valence-electron chi connectivity index (χ0n) is 13.4. The van der Waals surface area contributed by atoms with E-state index in [-0.39, 0.29) is 5.91 Å². The number of rotatable bonds is 4. The van der Waals surface area contributed by atoms with E-state index in [4.69, 9.17) is 0 Å². The molecule has 1 atom stereocenters. The fourth-order valence-corrected chi connectivity index (χ4v) is 2.88. The third kappa shape index (κ3) is 4.57. The second-order valence-electron chi connectivity index (χ2n) is 6.86. The van der Waals surface area contributed by atoms with Crippen molar-refractivity contribution in [1.29, 1.82) is 0 Å². The first-order valence-corrected chi connectivity index (χ1v) is 7.99. The topological polar surface area (TPSA) is 40.5 Å². The number of aliphatic hydroxyl groups is 1. The van der Waals surface area contributed by atoms with Gasteiger partial charge in [-0.15, -0.1) is 0 Å². The highest BCUT2D eigenvalue weighted by Crippen LogP contribution is 2.20. The van der Waals surface area contributed by atoms with Crippen LogP contribution in [0.4, 0.5) is 0 Å². The van der Waals surface area contributed by atoms with Crippen LogP contribution < -0.4 is 0 Å². The third-order valence-corrected chi connectivity index (χ3v) is 4.26. The van der Waals surface area contributed by atoms with E-state index >= 15 is 0 Å². The summed E-state index contributed by atoms with van der Waals surface area (Å²) in [6, 6.07) is 8.20. The van der Waals surface area contributed by atoms with Crippen molar-refractivity contribution < 1.29 is 9.90 Å². The summed E-state index contributed by atoms with van der Waals surface area (Å²) in [7, 11) is 0. The fraction of sp³-hybridized carbons (Fsp3) is 0.611. The minimum atomic E-state index is -0.665. The lowest BCUT2D eigenvalue weighted by Gasteiger charge is -2.33. The van der Waals surface area contributed by atoms with Gasteiger partial charge in [0.25, 0.3) is 5.91 Å². The zero-order chi connectivity index (χ0) is 15.5. The Morgan fingerprint density at radius 2 is 2.14 bits per heavy atom. The molecule has 1 heterocycles. The smallest absolute Gasteiger partial charge is 0.254 e. The molecule has 2 rings (SSSR count). The van der Waals surface area contributed by atoms with Crippen LogP contribution in [0.2, 0.25) is 0 Å². The largest absolute Gasteiger partial charge is 0.390 e. The molecule has 1 fully saturated rings. The average Bonchev–Trinajstić information content (AvgIpc) is 2.44. The van der Waals surface area contributed by atoms with E-state index in [1.54, 1.807) is 0 Å². The molecule has 1 aliphatic heterocycles. The summed E-state index contributed by atoms with van der Waals surface area (Å²) < 4.78 is 0. The molecule has 1 N–H and O–H groups in total. The summed E-state index contributed by atoms with van der Waals surface area (Å²) in [6.07, 6.45) is 4.92. The first kappa shape index (κ1) is 16.0. The number of carbonyl (C=O) groups is 1. The molecular weight excluding hydrogens is 262 g/mol. The Labute approximate surface area is 128 Å². The molecule has 0 spiro atoms. The van der Waals surface area contributed by atoms with Gasteiger partial charge in [-0.25, -0.2) is 0 Å². The van der Waals surface area contributed by atoms with Crippen molar-refractivity contribution >= 4 is 5.91 Å². The SMILES string of the molecule is CC1CCCCN1C(=O)c1cccc(CCC(C)(C)O)c1. The molecular formula is C18H27NO2. The molecule has 1 amide bonds. The number of nitrogens with zero attached hydrogens (tertiary/aromatic N) is 1. The molecule has 1 saturated heterocycles. The number of likely N-dealkylation sites (tertiary alicyclic amines) is 1. The Hall–Kier alpha value is -1.35. The predicted molar refractivity (Wildman–Crippen MR) is 85.4 cm³/mol. The molecule has 0 radical (unpaired) electrons. The number of hydrogen-bond acceptors (Lipinski definition) is 2. The highest BCUT2D eigenvalue weighted by molar-refractivity contribution is 5.94. The van der Waals surface area contributed by atoms with E-state index < -0.39 is 5.60 Å². The van der Waals surface area contributed by atoms with Gasteiger partial charge in [-0.05, 0) is 70.6 Å². The third-order valence-electron chi connectivity index (χ3n) is 4.26. The summed E-state index contributed by atoms with van der Waals surface area (Å²) in [4.78, 5) is 14.6. The van der Waals surface area contributed by atoms with E-state index in [9.17, 15) is 9.90 Å². The highest BCUT2D eigenvalue weighted by Gasteiger charge is 2.24. The first-order valence-electron chi connectivity index (χ1n) is 7.99. The Bertz CT molecular complexity index is 490. The van der Waals surface area contributed by atoms with Crippen LogP contribution in [0.25, 0.3) is 0 Å². The van der Waals surface area contributed by atoms with Crippen LogP contribution in [0.3, 0.4) is 0 Å². The Morgan fingerprint density at radius 3 is 2.81 bits per heavy atom. The van der Waals surface area contributed by atoms with E-state index in [1.165, 1.54) is 6.42 Å². The summed E-state index contributed by atoms with van der Waals surface area (Å²) in [5.41, 5.74) is 1.23. The summed E-state index contributed by atoms with van der Waals surface area (Å²) in [5.74, 6) is 0.146. The van der Waals surface area contributed by atoms with Crippen LogP contribution in [-0.4, -0.2) is 34.1 Å². The highest BCUT2D eigenvalue weighted by atomic mass is 16.3. The maximum absolute atomic E-state index is 12.6. The molecule has 0 bridgehead atoms. The number of amides is 1.